The van der Waals surface area contributed by atoms with Crippen molar-refractivity contribution >= 4 is 5.91 Å². The molecule has 2 unspecified atom stereocenters. The van der Waals surface area contributed by atoms with Gasteiger partial charge < -0.3 is 15.8 Å². The third-order valence-corrected chi connectivity index (χ3v) is 3.42. The molecule has 4 heteroatoms. The van der Waals surface area contributed by atoms with Crippen LogP contribution in [0, 0.1) is 5.92 Å². The second-order valence-corrected chi connectivity index (χ2v) is 4.77. The average molecular weight is 242 g/mol. The normalized spacial score (nSPS) is 23.9. The number of carbonyl (C=O) groups is 1. The van der Waals surface area contributed by atoms with Crippen LogP contribution in [0.1, 0.15) is 45.4 Å². The summed E-state index contributed by atoms with van der Waals surface area (Å²) in [6.45, 7) is 4.47. The van der Waals surface area contributed by atoms with E-state index in [1.807, 2.05) is 0 Å². The van der Waals surface area contributed by atoms with Crippen LogP contribution >= 0.6 is 0 Å². The molecule has 1 saturated heterocycles. The first-order chi connectivity index (χ1) is 8.27. The molecule has 1 aliphatic rings. The summed E-state index contributed by atoms with van der Waals surface area (Å²) in [4.78, 5) is 11.6. The van der Waals surface area contributed by atoms with Crippen LogP contribution in [0.3, 0.4) is 0 Å². The highest BCUT2D eigenvalue weighted by Gasteiger charge is 2.26. The highest BCUT2D eigenvalue weighted by Crippen LogP contribution is 2.22. The van der Waals surface area contributed by atoms with Crippen molar-refractivity contribution in [1.29, 1.82) is 0 Å². The van der Waals surface area contributed by atoms with Crippen molar-refractivity contribution in [2.24, 2.45) is 11.7 Å². The minimum Gasteiger partial charge on any atom is -0.378 e. The van der Waals surface area contributed by atoms with Crippen molar-refractivity contribution < 1.29 is 9.53 Å². The van der Waals surface area contributed by atoms with E-state index in [0.717, 1.165) is 51.8 Å². The number of hydrogen-bond acceptors (Lipinski definition) is 3. The summed E-state index contributed by atoms with van der Waals surface area (Å²) in [5, 5.41) is 3.02. The lowest BCUT2D eigenvalue weighted by Gasteiger charge is -2.17. The van der Waals surface area contributed by atoms with Gasteiger partial charge in [0.25, 0.3) is 0 Å². The molecule has 1 aliphatic heterocycles. The summed E-state index contributed by atoms with van der Waals surface area (Å²) in [5.41, 5.74) is 5.40. The van der Waals surface area contributed by atoms with Gasteiger partial charge in [0.15, 0.2) is 0 Å². The topological polar surface area (TPSA) is 64.3 Å². The Kier molecular flexibility index (Phi) is 7.21. The van der Waals surface area contributed by atoms with Crippen molar-refractivity contribution in [2.75, 3.05) is 19.7 Å². The van der Waals surface area contributed by atoms with Crippen LogP contribution in [0.2, 0.25) is 0 Å². The summed E-state index contributed by atoms with van der Waals surface area (Å²) in [6.07, 6.45) is 6.09. The fourth-order valence-electron chi connectivity index (χ4n) is 2.32. The first-order valence-electron chi connectivity index (χ1n) is 6.86. The first-order valence-corrected chi connectivity index (χ1v) is 6.86. The van der Waals surface area contributed by atoms with Gasteiger partial charge in [0.05, 0.1) is 6.10 Å². The molecule has 0 bridgehead atoms. The number of rotatable bonds is 8. The van der Waals surface area contributed by atoms with E-state index in [9.17, 15) is 4.79 Å². The molecule has 0 aromatic rings. The summed E-state index contributed by atoms with van der Waals surface area (Å²) in [5.74, 6) is 0.678. The molecule has 1 heterocycles. The second kappa shape index (κ2) is 8.48. The first kappa shape index (κ1) is 14.5. The lowest BCUT2D eigenvalue weighted by atomic mass is 9.99. The molecule has 0 aromatic carbocycles. The lowest BCUT2D eigenvalue weighted by molar-refractivity contribution is -0.121. The van der Waals surface area contributed by atoms with E-state index >= 15 is 0 Å². The Bertz CT molecular complexity index is 221. The molecule has 1 fully saturated rings. The van der Waals surface area contributed by atoms with Gasteiger partial charge in [-0.1, -0.05) is 13.3 Å². The van der Waals surface area contributed by atoms with Gasteiger partial charge in [0.2, 0.25) is 5.91 Å². The molecule has 2 atom stereocenters. The SMILES string of the molecule is CCC1OCCC1CNC(=O)CCCCCN. The fraction of sp³-hybridized carbons (Fsp3) is 0.923. The van der Waals surface area contributed by atoms with Crippen LogP contribution in [0.4, 0.5) is 0 Å². The Hall–Kier alpha value is -0.610. The standard InChI is InChI=1S/C13H26N2O2/c1-2-12-11(7-9-17-12)10-15-13(16)6-4-3-5-8-14/h11-12H,2-10,14H2,1H3,(H,15,16). The van der Waals surface area contributed by atoms with Crippen LogP contribution in [0.25, 0.3) is 0 Å². The molecule has 0 spiro atoms. The van der Waals surface area contributed by atoms with Gasteiger partial charge in [0, 0.05) is 25.5 Å². The van der Waals surface area contributed by atoms with E-state index in [4.69, 9.17) is 10.5 Å². The Morgan fingerprint density at radius 1 is 1.41 bits per heavy atom. The second-order valence-electron chi connectivity index (χ2n) is 4.77. The number of carbonyl (C=O) groups excluding carboxylic acids is 1. The maximum Gasteiger partial charge on any atom is 0.220 e. The van der Waals surface area contributed by atoms with Crippen molar-refractivity contribution in [3.63, 3.8) is 0 Å². The number of nitrogens with one attached hydrogen (secondary N) is 1. The van der Waals surface area contributed by atoms with Crippen LogP contribution < -0.4 is 11.1 Å². The zero-order chi connectivity index (χ0) is 12.5. The van der Waals surface area contributed by atoms with Crippen molar-refractivity contribution in [3.05, 3.63) is 0 Å². The molecule has 100 valence electrons. The third-order valence-electron chi connectivity index (χ3n) is 3.42. The van der Waals surface area contributed by atoms with Crippen molar-refractivity contribution in [1.82, 2.24) is 5.32 Å². The third kappa shape index (κ3) is 5.50. The summed E-state index contributed by atoms with van der Waals surface area (Å²) >= 11 is 0. The van der Waals surface area contributed by atoms with Gasteiger partial charge in [-0.25, -0.2) is 0 Å². The highest BCUT2D eigenvalue weighted by atomic mass is 16.5. The molecule has 0 aromatic heterocycles. The Balaban J connectivity index is 2.06. The molecule has 0 aliphatic carbocycles. The largest absolute Gasteiger partial charge is 0.378 e. The highest BCUT2D eigenvalue weighted by molar-refractivity contribution is 5.75. The molecular formula is C13H26N2O2. The average Bonchev–Trinajstić information content (AvgIpc) is 2.79. The Labute approximate surface area is 104 Å². The Morgan fingerprint density at radius 2 is 2.24 bits per heavy atom. The number of ether oxygens (including phenoxy) is 1. The van der Waals surface area contributed by atoms with Crippen molar-refractivity contribution in [3.8, 4) is 0 Å². The quantitative estimate of drug-likeness (QED) is 0.633. The summed E-state index contributed by atoms with van der Waals surface area (Å²) < 4.78 is 5.59. The number of nitrogens with two attached hydrogens (primary N) is 1. The zero-order valence-electron chi connectivity index (χ0n) is 10.9. The molecule has 17 heavy (non-hydrogen) atoms. The van der Waals surface area contributed by atoms with E-state index in [0.29, 0.717) is 18.4 Å². The fourth-order valence-corrected chi connectivity index (χ4v) is 2.32. The summed E-state index contributed by atoms with van der Waals surface area (Å²) in [7, 11) is 0. The number of unbranched alkanes of at least 4 members (excludes halogenated alkanes) is 2. The minimum absolute atomic E-state index is 0.170. The van der Waals surface area contributed by atoms with Gasteiger partial charge in [-0.15, -0.1) is 0 Å². The van der Waals surface area contributed by atoms with Gasteiger partial charge in [-0.05, 0) is 32.2 Å². The molecule has 1 amide bonds. The molecule has 1 rings (SSSR count). The van der Waals surface area contributed by atoms with Crippen LogP contribution in [0.5, 0.6) is 0 Å². The number of hydrogen-bond donors (Lipinski definition) is 2. The minimum atomic E-state index is 0.170. The molecular weight excluding hydrogens is 216 g/mol. The molecule has 0 radical (unpaired) electrons. The van der Waals surface area contributed by atoms with Gasteiger partial charge in [-0.3, -0.25) is 4.79 Å². The van der Waals surface area contributed by atoms with Crippen molar-refractivity contribution in [2.45, 2.75) is 51.6 Å². The van der Waals surface area contributed by atoms with E-state index in [1.54, 1.807) is 0 Å². The Morgan fingerprint density at radius 3 is 2.94 bits per heavy atom. The van der Waals surface area contributed by atoms with E-state index in [1.165, 1.54) is 0 Å². The molecule has 3 N–H and O–H groups in total. The lowest BCUT2D eigenvalue weighted by Crippen LogP contribution is -2.32. The van der Waals surface area contributed by atoms with Crippen LogP contribution in [0.15, 0.2) is 0 Å². The molecule has 0 saturated carbocycles. The monoisotopic (exact) mass is 242 g/mol. The zero-order valence-corrected chi connectivity index (χ0v) is 10.9. The van der Waals surface area contributed by atoms with Gasteiger partial charge in [0.1, 0.15) is 0 Å². The van der Waals surface area contributed by atoms with E-state index in [-0.39, 0.29) is 5.91 Å². The maximum atomic E-state index is 11.6. The smallest absolute Gasteiger partial charge is 0.220 e. The van der Waals surface area contributed by atoms with Crippen LogP contribution in [-0.4, -0.2) is 31.7 Å². The summed E-state index contributed by atoms with van der Waals surface area (Å²) in [6, 6.07) is 0. The number of amides is 1. The van der Waals surface area contributed by atoms with E-state index in [2.05, 4.69) is 12.2 Å². The predicted octanol–water partition coefficient (Wildman–Crippen LogP) is 1.44. The van der Waals surface area contributed by atoms with Gasteiger partial charge >= 0.3 is 0 Å². The maximum absolute atomic E-state index is 11.6. The van der Waals surface area contributed by atoms with Crippen LogP contribution in [-0.2, 0) is 9.53 Å². The predicted molar refractivity (Wildman–Crippen MR) is 68.7 cm³/mol. The molecule has 4 nitrogen and oxygen atoms in total. The van der Waals surface area contributed by atoms with Gasteiger partial charge in [-0.2, -0.15) is 0 Å². The van der Waals surface area contributed by atoms with E-state index < -0.39 is 0 Å².